The Hall–Kier alpha value is -1.97. The van der Waals surface area contributed by atoms with E-state index in [1.807, 2.05) is 38.2 Å². The van der Waals surface area contributed by atoms with Crippen LogP contribution in [0.4, 0.5) is 0 Å². The first-order valence-electron chi connectivity index (χ1n) is 5.97. The van der Waals surface area contributed by atoms with Gasteiger partial charge in [-0.05, 0) is 32.9 Å². The lowest BCUT2D eigenvalue weighted by Gasteiger charge is -2.07. The van der Waals surface area contributed by atoms with Crippen LogP contribution in [-0.4, -0.2) is 24.2 Å². The van der Waals surface area contributed by atoms with Gasteiger partial charge in [0.2, 0.25) is 0 Å². The number of hydrogen-bond acceptors (Lipinski definition) is 3. The molecule has 1 heterocycles. The molecule has 2 aromatic rings. The number of aromatic nitrogens is 1. The van der Waals surface area contributed by atoms with E-state index in [2.05, 4.69) is 15.8 Å². The highest BCUT2D eigenvalue weighted by molar-refractivity contribution is 5.85. The minimum Gasteiger partial charge on any atom is -0.489 e. The second kappa shape index (κ2) is 7.37. The van der Waals surface area contributed by atoms with Crippen molar-refractivity contribution in [2.24, 2.45) is 0 Å². The molecule has 1 N–H and O–H groups in total. The first-order chi connectivity index (χ1) is 8.69. The van der Waals surface area contributed by atoms with Crippen molar-refractivity contribution >= 4 is 17.4 Å². The Bertz CT molecular complexity index is 477. The topological polar surface area (TPSA) is 51.3 Å². The van der Waals surface area contributed by atoms with Crippen molar-refractivity contribution in [1.82, 2.24) is 4.98 Å². The summed E-state index contributed by atoms with van der Waals surface area (Å²) in [6.45, 7) is 6.72. The average molecular weight is 249 g/mol. The van der Waals surface area contributed by atoms with Crippen LogP contribution in [0, 0.1) is 0 Å². The Labute approximate surface area is 107 Å². The second-order valence-electron chi connectivity index (χ2n) is 3.92. The van der Waals surface area contributed by atoms with Gasteiger partial charge in [0.1, 0.15) is 5.75 Å². The number of carbonyl (C=O) groups is 1. The van der Waals surface area contributed by atoms with Crippen LogP contribution in [0.2, 0.25) is 0 Å². The molecular formula is C14H19NO3. The van der Waals surface area contributed by atoms with Crippen LogP contribution >= 0.6 is 0 Å². The van der Waals surface area contributed by atoms with E-state index >= 15 is 0 Å². The monoisotopic (exact) mass is 249 g/mol. The Morgan fingerprint density at radius 2 is 2.06 bits per heavy atom. The highest BCUT2D eigenvalue weighted by Gasteiger charge is 2.04. The van der Waals surface area contributed by atoms with Crippen LogP contribution in [0.1, 0.15) is 20.8 Å². The average Bonchev–Trinajstić information content (AvgIpc) is 2.74. The van der Waals surface area contributed by atoms with Crippen molar-refractivity contribution < 1.29 is 14.3 Å². The molecule has 2 rings (SSSR count). The molecule has 0 bridgehead atoms. The number of aromatic amines is 1. The Kier molecular flexibility index (Phi) is 5.77. The maximum absolute atomic E-state index is 9.18. The van der Waals surface area contributed by atoms with Crippen molar-refractivity contribution in [3.8, 4) is 5.75 Å². The summed E-state index contributed by atoms with van der Waals surface area (Å²) in [7, 11) is 0. The number of carbonyl (C=O) groups excluding carboxylic acids is 1. The predicted molar refractivity (Wildman–Crippen MR) is 71.8 cm³/mol. The number of hydrogen-bond donors (Lipinski definition) is 1. The number of H-pyrrole nitrogens is 1. The minimum atomic E-state index is 0.221. The van der Waals surface area contributed by atoms with E-state index < -0.39 is 0 Å². The molecule has 4 nitrogen and oxygen atoms in total. The molecule has 0 saturated carbocycles. The molecule has 0 saturated heterocycles. The molecule has 4 heteroatoms. The molecule has 18 heavy (non-hydrogen) atoms. The number of para-hydroxylation sites is 1. The fourth-order valence-corrected chi connectivity index (χ4v) is 1.46. The molecule has 0 atom stereocenters. The second-order valence-corrected chi connectivity index (χ2v) is 3.92. The minimum absolute atomic E-state index is 0.221. The maximum Gasteiger partial charge on any atom is 0.293 e. The third-order valence-corrected chi connectivity index (χ3v) is 2.15. The molecule has 0 aliphatic rings. The highest BCUT2D eigenvalue weighted by atomic mass is 16.5. The summed E-state index contributed by atoms with van der Waals surface area (Å²) >= 11 is 0. The number of nitrogens with one attached hydrogen (secondary N) is 1. The van der Waals surface area contributed by atoms with E-state index in [1.165, 1.54) is 0 Å². The Balaban J connectivity index is 0.000000280. The summed E-state index contributed by atoms with van der Waals surface area (Å²) in [5.41, 5.74) is 1.12. The third-order valence-electron chi connectivity index (χ3n) is 2.15. The van der Waals surface area contributed by atoms with E-state index in [-0.39, 0.29) is 6.10 Å². The molecule has 98 valence electrons. The quantitative estimate of drug-likeness (QED) is 0.847. The van der Waals surface area contributed by atoms with Crippen LogP contribution in [0.15, 0.2) is 30.5 Å². The van der Waals surface area contributed by atoms with Gasteiger partial charge in [-0.2, -0.15) is 0 Å². The Morgan fingerprint density at radius 3 is 2.61 bits per heavy atom. The smallest absolute Gasteiger partial charge is 0.293 e. The van der Waals surface area contributed by atoms with E-state index in [4.69, 9.17) is 4.74 Å². The molecular weight excluding hydrogens is 230 g/mol. The SMILES string of the molecule is CC(C)Oc1c[nH]c2ccccc12.CCOC=O. The molecule has 0 spiro atoms. The van der Waals surface area contributed by atoms with Crippen LogP contribution in [0.25, 0.3) is 10.9 Å². The zero-order valence-corrected chi connectivity index (χ0v) is 11.0. The van der Waals surface area contributed by atoms with Crippen LogP contribution in [0.5, 0.6) is 5.75 Å². The number of ether oxygens (including phenoxy) is 2. The zero-order chi connectivity index (χ0) is 13.4. The summed E-state index contributed by atoms with van der Waals surface area (Å²) in [6.07, 6.45) is 2.13. The van der Waals surface area contributed by atoms with Gasteiger partial charge in [0, 0.05) is 17.1 Å². The van der Waals surface area contributed by atoms with Gasteiger partial charge < -0.3 is 14.5 Å². The van der Waals surface area contributed by atoms with Gasteiger partial charge in [0.15, 0.2) is 0 Å². The van der Waals surface area contributed by atoms with E-state index in [9.17, 15) is 4.79 Å². The van der Waals surface area contributed by atoms with Crippen molar-refractivity contribution in [2.45, 2.75) is 26.9 Å². The number of rotatable bonds is 4. The van der Waals surface area contributed by atoms with Crippen molar-refractivity contribution in [2.75, 3.05) is 6.61 Å². The van der Waals surface area contributed by atoms with Gasteiger partial charge in [-0.1, -0.05) is 12.1 Å². The largest absolute Gasteiger partial charge is 0.489 e. The van der Waals surface area contributed by atoms with Gasteiger partial charge >= 0.3 is 0 Å². The molecule has 0 amide bonds. The summed E-state index contributed by atoms with van der Waals surface area (Å²) in [6, 6.07) is 8.13. The number of benzene rings is 1. The summed E-state index contributed by atoms with van der Waals surface area (Å²) in [5, 5.41) is 1.15. The zero-order valence-electron chi connectivity index (χ0n) is 11.0. The van der Waals surface area contributed by atoms with Crippen LogP contribution in [0.3, 0.4) is 0 Å². The van der Waals surface area contributed by atoms with Crippen molar-refractivity contribution in [3.63, 3.8) is 0 Å². The van der Waals surface area contributed by atoms with E-state index in [1.54, 1.807) is 6.92 Å². The lowest BCUT2D eigenvalue weighted by Crippen LogP contribution is -2.04. The maximum atomic E-state index is 9.18. The molecule has 0 aliphatic carbocycles. The fourth-order valence-electron chi connectivity index (χ4n) is 1.46. The predicted octanol–water partition coefficient (Wildman–Crippen LogP) is 3.13. The first-order valence-corrected chi connectivity index (χ1v) is 5.97. The van der Waals surface area contributed by atoms with Gasteiger partial charge in [-0.25, -0.2) is 0 Å². The van der Waals surface area contributed by atoms with E-state index in [0.29, 0.717) is 13.1 Å². The van der Waals surface area contributed by atoms with Crippen LogP contribution in [-0.2, 0) is 9.53 Å². The van der Waals surface area contributed by atoms with Crippen molar-refractivity contribution in [1.29, 1.82) is 0 Å². The van der Waals surface area contributed by atoms with E-state index in [0.717, 1.165) is 16.7 Å². The third kappa shape index (κ3) is 4.13. The number of fused-ring (bicyclic) bond motifs is 1. The lowest BCUT2D eigenvalue weighted by molar-refractivity contribution is -0.128. The standard InChI is InChI=1S/C11H13NO.C3H6O2/c1-8(2)13-11-7-12-10-6-4-3-5-9(10)11;1-2-5-3-4/h3-8,12H,1-2H3;3H,2H2,1H3. The lowest BCUT2D eigenvalue weighted by atomic mass is 10.2. The Morgan fingerprint density at radius 1 is 1.33 bits per heavy atom. The normalized spacial score (nSPS) is 9.78. The molecule has 0 aliphatic heterocycles. The molecule has 0 unspecified atom stereocenters. The van der Waals surface area contributed by atoms with Crippen LogP contribution < -0.4 is 4.74 Å². The molecule has 1 aromatic heterocycles. The van der Waals surface area contributed by atoms with Gasteiger partial charge in [-0.15, -0.1) is 0 Å². The highest BCUT2D eigenvalue weighted by Crippen LogP contribution is 2.25. The fraction of sp³-hybridized carbons (Fsp3) is 0.357. The first kappa shape index (κ1) is 14.1. The van der Waals surface area contributed by atoms with Gasteiger partial charge in [0.05, 0.1) is 12.7 Å². The summed E-state index contributed by atoms with van der Waals surface area (Å²) in [4.78, 5) is 12.4. The van der Waals surface area contributed by atoms with Gasteiger partial charge in [0.25, 0.3) is 6.47 Å². The molecule has 0 radical (unpaired) electrons. The molecule has 1 aromatic carbocycles. The molecule has 0 fully saturated rings. The summed E-state index contributed by atoms with van der Waals surface area (Å²) < 4.78 is 9.79. The van der Waals surface area contributed by atoms with Crippen molar-refractivity contribution in [3.05, 3.63) is 30.5 Å². The summed E-state index contributed by atoms with van der Waals surface area (Å²) in [5.74, 6) is 0.936. The van der Waals surface area contributed by atoms with Gasteiger partial charge in [-0.3, -0.25) is 4.79 Å².